The van der Waals surface area contributed by atoms with Crippen LogP contribution in [-0.4, -0.2) is 23.2 Å². The van der Waals surface area contributed by atoms with E-state index in [9.17, 15) is 0 Å². The van der Waals surface area contributed by atoms with Crippen molar-refractivity contribution in [2.75, 3.05) is 13.4 Å². The Morgan fingerprint density at radius 3 is 3.07 bits per heavy atom. The molecule has 1 heterocycles. The van der Waals surface area contributed by atoms with E-state index in [4.69, 9.17) is 9.47 Å². The van der Waals surface area contributed by atoms with Gasteiger partial charge in [-0.2, -0.15) is 5.10 Å². The molecule has 0 spiro atoms. The van der Waals surface area contributed by atoms with Crippen molar-refractivity contribution in [2.45, 2.75) is 26.3 Å². The lowest BCUT2D eigenvalue weighted by Gasteiger charge is -2.03. The second-order valence-electron chi connectivity index (χ2n) is 3.61. The zero-order valence-corrected chi connectivity index (χ0v) is 8.48. The van der Waals surface area contributed by atoms with Crippen LogP contribution in [0.25, 0.3) is 0 Å². The molecule has 1 saturated carbocycles. The lowest BCUT2D eigenvalue weighted by Crippen LogP contribution is -2.04. The van der Waals surface area contributed by atoms with Crippen molar-refractivity contribution in [3.8, 4) is 5.75 Å². The van der Waals surface area contributed by atoms with E-state index in [1.807, 2.05) is 17.8 Å². The summed E-state index contributed by atoms with van der Waals surface area (Å²) < 4.78 is 12.5. The van der Waals surface area contributed by atoms with Crippen molar-refractivity contribution in [3.63, 3.8) is 0 Å². The first-order valence-corrected chi connectivity index (χ1v) is 5.11. The van der Waals surface area contributed by atoms with Crippen molar-refractivity contribution >= 4 is 0 Å². The smallest absolute Gasteiger partial charge is 0.189 e. The Balaban J connectivity index is 1.63. The topological polar surface area (TPSA) is 36.3 Å². The van der Waals surface area contributed by atoms with Gasteiger partial charge in [0.25, 0.3) is 0 Å². The fourth-order valence-corrected chi connectivity index (χ4v) is 1.20. The van der Waals surface area contributed by atoms with E-state index in [2.05, 4.69) is 5.10 Å². The molecule has 4 heteroatoms. The summed E-state index contributed by atoms with van der Waals surface area (Å²) in [7, 11) is 0. The normalized spacial score (nSPS) is 15.8. The van der Waals surface area contributed by atoms with Crippen LogP contribution >= 0.6 is 0 Å². The third kappa shape index (κ3) is 2.73. The third-order valence-corrected chi connectivity index (χ3v) is 2.29. The highest BCUT2D eigenvalue weighted by Gasteiger charge is 2.21. The number of rotatable bonds is 6. The van der Waals surface area contributed by atoms with Gasteiger partial charge in [0.1, 0.15) is 0 Å². The van der Waals surface area contributed by atoms with Gasteiger partial charge in [-0.15, -0.1) is 0 Å². The molecule has 1 fully saturated rings. The average molecular weight is 196 g/mol. The predicted molar refractivity (Wildman–Crippen MR) is 52.1 cm³/mol. The first-order valence-electron chi connectivity index (χ1n) is 5.11. The van der Waals surface area contributed by atoms with Crippen LogP contribution in [0.5, 0.6) is 5.75 Å². The van der Waals surface area contributed by atoms with Crippen LogP contribution in [0.2, 0.25) is 0 Å². The fourth-order valence-electron chi connectivity index (χ4n) is 1.20. The van der Waals surface area contributed by atoms with Crippen molar-refractivity contribution in [2.24, 2.45) is 5.92 Å². The van der Waals surface area contributed by atoms with E-state index >= 15 is 0 Å². The quantitative estimate of drug-likeness (QED) is 0.513. The van der Waals surface area contributed by atoms with Crippen LogP contribution in [0.4, 0.5) is 0 Å². The highest BCUT2D eigenvalue weighted by molar-refractivity contribution is 5.11. The van der Waals surface area contributed by atoms with Crippen LogP contribution in [0, 0.1) is 5.92 Å². The minimum Gasteiger partial charge on any atom is -0.464 e. The summed E-state index contributed by atoms with van der Waals surface area (Å²) in [6.45, 7) is 4.08. The van der Waals surface area contributed by atoms with Gasteiger partial charge < -0.3 is 9.47 Å². The molecule has 0 N–H and O–H groups in total. The molecule has 0 amide bonds. The molecular weight excluding hydrogens is 180 g/mol. The molecule has 1 aliphatic rings. The molecule has 0 bridgehead atoms. The predicted octanol–water partition coefficient (Wildman–Crippen LogP) is 1.67. The maximum atomic E-state index is 5.36. The summed E-state index contributed by atoms with van der Waals surface area (Å²) in [5, 5.41) is 4.10. The van der Waals surface area contributed by atoms with Crippen LogP contribution in [0.15, 0.2) is 12.4 Å². The lowest BCUT2D eigenvalue weighted by atomic mass is 10.5. The molecule has 14 heavy (non-hydrogen) atoms. The van der Waals surface area contributed by atoms with Gasteiger partial charge in [0.15, 0.2) is 12.5 Å². The molecule has 2 rings (SSSR count). The van der Waals surface area contributed by atoms with Crippen LogP contribution in [0.3, 0.4) is 0 Å². The van der Waals surface area contributed by atoms with Gasteiger partial charge in [-0.3, -0.25) is 4.68 Å². The van der Waals surface area contributed by atoms with E-state index in [1.54, 1.807) is 6.20 Å². The molecule has 0 aliphatic heterocycles. The Morgan fingerprint density at radius 2 is 2.43 bits per heavy atom. The second-order valence-corrected chi connectivity index (χ2v) is 3.61. The molecule has 1 aliphatic carbocycles. The monoisotopic (exact) mass is 196 g/mol. The summed E-state index contributed by atoms with van der Waals surface area (Å²) in [5.74, 6) is 1.57. The standard InChI is InChI=1S/C10H16N2O2/c1-2-12-6-10(5-11-12)14-8-13-7-9-3-4-9/h5-6,9H,2-4,7-8H2,1H3. The first-order chi connectivity index (χ1) is 6.88. The van der Waals surface area contributed by atoms with E-state index in [1.165, 1.54) is 12.8 Å². The van der Waals surface area contributed by atoms with E-state index in [0.29, 0.717) is 6.79 Å². The number of nitrogens with zero attached hydrogens (tertiary/aromatic N) is 2. The molecule has 78 valence electrons. The minimum absolute atomic E-state index is 0.339. The summed E-state index contributed by atoms with van der Waals surface area (Å²) in [5.41, 5.74) is 0. The van der Waals surface area contributed by atoms with Crippen LogP contribution in [-0.2, 0) is 11.3 Å². The fraction of sp³-hybridized carbons (Fsp3) is 0.700. The van der Waals surface area contributed by atoms with Crippen LogP contribution in [0.1, 0.15) is 19.8 Å². The minimum atomic E-state index is 0.339. The van der Waals surface area contributed by atoms with E-state index in [-0.39, 0.29) is 0 Å². The molecule has 1 aromatic heterocycles. The number of hydrogen-bond donors (Lipinski definition) is 0. The number of aryl methyl sites for hydroxylation is 1. The maximum absolute atomic E-state index is 5.36. The number of ether oxygens (including phenoxy) is 2. The lowest BCUT2D eigenvalue weighted by molar-refractivity contribution is 0.00993. The SMILES string of the molecule is CCn1cc(OCOCC2CC2)cn1. The molecule has 0 unspecified atom stereocenters. The van der Waals surface area contributed by atoms with Crippen molar-refractivity contribution in [3.05, 3.63) is 12.4 Å². The summed E-state index contributed by atoms with van der Waals surface area (Å²) in [6.07, 6.45) is 6.21. The summed E-state index contributed by atoms with van der Waals surface area (Å²) >= 11 is 0. The van der Waals surface area contributed by atoms with Gasteiger partial charge in [-0.05, 0) is 25.7 Å². The number of hydrogen-bond acceptors (Lipinski definition) is 3. The highest BCUT2D eigenvalue weighted by Crippen LogP contribution is 2.28. The van der Waals surface area contributed by atoms with E-state index < -0.39 is 0 Å². The van der Waals surface area contributed by atoms with Gasteiger partial charge in [0, 0.05) is 6.54 Å². The van der Waals surface area contributed by atoms with Crippen LogP contribution < -0.4 is 4.74 Å². The second kappa shape index (κ2) is 4.46. The molecule has 0 radical (unpaired) electrons. The Hall–Kier alpha value is -1.03. The van der Waals surface area contributed by atoms with Gasteiger partial charge >= 0.3 is 0 Å². The highest BCUT2D eigenvalue weighted by atomic mass is 16.7. The molecule has 0 atom stereocenters. The third-order valence-electron chi connectivity index (χ3n) is 2.29. The van der Waals surface area contributed by atoms with E-state index in [0.717, 1.165) is 24.8 Å². The zero-order valence-electron chi connectivity index (χ0n) is 8.48. The Kier molecular flexibility index (Phi) is 3.03. The van der Waals surface area contributed by atoms with Gasteiger partial charge in [0.05, 0.1) is 19.0 Å². The molecule has 4 nitrogen and oxygen atoms in total. The van der Waals surface area contributed by atoms with Crippen molar-refractivity contribution in [1.82, 2.24) is 9.78 Å². The molecule has 1 aromatic rings. The number of aromatic nitrogens is 2. The van der Waals surface area contributed by atoms with Gasteiger partial charge in [-0.25, -0.2) is 0 Å². The molecular formula is C10H16N2O2. The first kappa shape index (κ1) is 9.52. The van der Waals surface area contributed by atoms with Crippen molar-refractivity contribution < 1.29 is 9.47 Å². The molecule has 0 saturated heterocycles. The van der Waals surface area contributed by atoms with Gasteiger partial charge in [-0.1, -0.05) is 0 Å². The van der Waals surface area contributed by atoms with Crippen molar-refractivity contribution in [1.29, 1.82) is 0 Å². The Bertz CT molecular complexity index is 281. The Labute approximate surface area is 83.8 Å². The van der Waals surface area contributed by atoms with Gasteiger partial charge in [0.2, 0.25) is 0 Å². The maximum Gasteiger partial charge on any atom is 0.189 e. The summed E-state index contributed by atoms with van der Waals surface area (Å²) in [4.78, 5) is 0. The summed E-state index contributed by atoms with van der Waals surface area (Å²) in [6, 6.07) is 0. The average Bonchev–Trinajstić information content (AvgIpc) is 2.91. The Morgan fingerprint density at radius 1 is 1.57 bits per heavy atom. The zero-order chi connectivity index (χ0) is 9.80. The largest absolute Gasteiger partial charge is 0.464 e. The molecule has 0 aromatic carbocycles.